The molecule has 22 heavy (non-hydrogen) atoms. The van der Waals surface area contributed by atoms with E-state index in [1.165, 1.54) is 0 Å². The zero-order chi connectivity index (χ0) is 15.4. The molecule has 0 amide bonds. The summed E-state index contributed by atoms with van der Waals surface area (Å²) in [7, 11) is 0. The summed E-state index contributed by atoms with van der Waals surface area (Å²) in [5.41, 5.74) is 9.51. The van der Waals surface area contributed by atoms with Crippen LogP contribution in [0.25, 0.3) is 5.69 Å². The van der Waals surface area contributed by atoms with Crippen LogP contribution in [0.2, 0.25) is 0 Å². The molecule has 0 spiro atoms. The molecule has 0 fully saturated rings. The summed E-state index contributed by atoms with van der Waals surface area (Å²) < 4.78 is 7.64. The Morgan fingerprint density at radius 1 is 1.05 bits per heavy atom. The first-order chi connectivity index (χ1) is 10.8. The summed E-state index contributed by atoms with van der Waals surface area (Å²) in [6, 6.07) is 17.7. The van der Waals surface area contributed by atoms with Crippen molar-refractivity contribution in [3.05, 3.63) is 71.5 Å². The lowest BCUT2D eigenvalue weighted by Crippen LogP contribution is -2.10. The third-order valence-electron chi connectivity index (χ3n) is 3.50. The van der Waals surface area contributed by atoms with E-state index in [1.807, 2.05) is 61.5 Å². The molecule has 5 nitrogen and oxygen atoms in total. The number of hydrogen-bond acceptors (Lipinski definition) is 4. The minimum atomic E-state index is 0.333. The highest BCUT2D eigenvalue weighted by Crippen LogP contribution is 2.19. The monoisotopic (exact) mass is 294 g/mol. The van der Waals surface area contributed by atoms with Crippen LogP contribution >= 0.6 is 0 Å². The van der Waals surface area contributed by atoms with Crippen molar-refractivity contribution in [1.29, 1.82) is 0 Å². The third-order valence-corrected chi connectivity index (χ3v) is 3.50. The number of rotatable bonds is 5. The number of aromatic nitrogens is 3. The molecule has 0 unspecified atom stereocenters. The van der Waals surface area contributed by atoms with Gasteiger partial charge in [0, 0.05) is 6.54 Å². The third kappa shape index (κ3) is 2.84. The molecular weight excluding hydrogens is 276 g/mol. The van der Waals surface area contributed by atoms with Gasteiger partial charge in [-0.1, -0.05) is 41.6 Å². The Hall–Kier alpha value is -2.66. The lowest BCUT2D eigenvalue weighted by atomic mass is 10.2. The number of benzene rings is 2. The van der Waals surface area contributed by atoms with Gasteiger partial charge in [-0.3, -0.25) is 0 Å². The molecule has 2 aromatic carbocycles. The van der Waals surface area contributed by atoms with Crippen LogP contribution in [-0.4, -0.2) is 15.0 Å². The van der Waals surface area contributed by atoms with Gasteiger partial charge in [0.1, 0.15) is 23.7 Å². The van der Waals surface area contributed by atoms with Crippen LogP contribution in [0.1, 0.15) is 17.0 Å². The van der Waals surface area contributed by atoms with Crippen molar-refractivity contribution in [2.75, 3.05) is 0 Å². The van der Waals surface area contributed by atoms with E-state index in [1.54, 1.807) is 4.68 Å². The second kappa shape index (κ2) is 6.41. The van der Waals surface area contributed by atoms with Crippen LogP contribution < -0.4 is 10.5 Å². The van der Waals surface area contributed by atoms with Gasteiger partial charge >= 0.3 is 0 Å². The summed E-state index contributed by atoms with van der Waals surface area (Å²) in [5.74, 6) is 0.808. The Bertz CT molecular complexity index is 752. The van der Waals surface area contributed by atoms with E-state index in [2.05, 4.69) is 10.3 Å². The molecule has 0 aliphatic rings. The number of aryl methyl sites for hydroxylation is 1. The standard InChI is InChI=1S/C17H18N4O/c1-13-7-5-6-10-16(13)21-17(15(11-18)19-20-21)12-22-14-8-3-2-4-9-14/h2-10H,11-12,18H2,1H3. The van der Waals surface area contributed by atoms with Crippen molar-refractivity contribution < 1.29 is 4.74 Å². The van der Waals surface area contributed by atoms with Gasteiger partial charge in [0.05, 0.1) is 5.69 Å². The van der Waals surface area contributed by atoms with Crippen molar-refractivity contribution in [3.63, 3.8) is 0 Å². The molecular formula is C17H18N4O. The minimum absolute atomic E-state index is 0.333. The second-order valence-electron chi connectivity index (χ2n) is 4.99. The van der Waals surface area contributed by atoms with Gasteiger partial charge in [-0.2, -0.15) is 0 Å². The number of para-hydroxylation sites is 2. The lowest BCUT2D eigenvalue weighted by molar-refractivity contribution is 0.296. The first kappa shape index (κ1) is 14.3. The molecule has 3 rings (SSSR count). The molecule has 1 aromatic heterocycles. The van der Waals surface area contributed by atoms with Gasteiger partial charge < -0.3 is 10.5 Å². The molecule has 0 aliphatic carbocycles. The highest BCUT2D eigenvalue weighted by atomic mass is 16.5. The van der Waals surface area contributed by atoms with Crippen LogP contribution in [0, 0.1) is 6.92 Å². The van der Waals surface area contributed by atoms with Crippen LogP contribution in [0.3, 0.4) is 0 Å². The maximum Gasteiger partial charge on any atom is 0.132 e. The summed E-state index contributed by atoms with van der Waals surface area (Å²) in [6.07, 6.45) is 0. The average Bonchev–Trinajstić information content (AvgIpc) is 2.97. The zero-order valence-electron chi connectivity index (χ0n) is 12.4. The van der Waals surface area contributed by atoms with E-state index in [-0.39, 0.29) is 0 Å². The molecule has 1 heterocycles. The Balaban J connectivity index is 1.93. The van der Waals surface area contributed by atoms with Gasteiger partial charge in [-0.25, -0.2) is 4.68 Å². The van der Waals surface area contributed by atoms with Crippen LogP contribution in [0.5, 0.6) is 5.75 Å². The zero-order valence-corrected chi connectivity index (χ0v) is 12.4. The highest BCUT2D eigenvalue weighted by Gasteiger charge is 2.15. The van der Waals surface area contributed by atoms with E-state index in [9.17, 15) is 0 Å². The fourth-order valence-corrected chi connectivity index (χ4v) is 2.30. The molecule has 5 heteroatoms. The maximum absolute atomic E-state index is 5.84. The molecule has 3 aromatic rings. The van der Waals surface area contributed by atoms with Gasteiger partial charge in [0.15, 0.2) is 0 Å². The minimum Gasteiger partial charge on any atom is -0.487 e. The Kier molecular flexibility index (Phi) is 4.16. The van der Waals surface area contributed by atoms with Crippen molar-refractivity contribution in [2.45, 2.75) is 20.1 Å². The quantitative estimate of drug-likeness (QED) is 0.785. The van der Waals surface area contributed by atoms with Crippen molar-refractivity contribution in [1.82, 2.24) is 15.0 Å². The molecule has 0 aliphatic heterocycles. The van der Waals surface area contributed by atoms with E-state index >= 15 is 0 Å². The van der Waals surface area contributed by atoms with Crippen LogP contribution in [0.15, 0.2) is 54.6 Å². The molecule has 0 saturated carbocycles. The van der Waals surface area contributed by atoms with Gasteiger partial charge in [-0.05, 0) is 30.7 Å². The molecule has 0 atom stereocenters. The number of ether oxygens (including phenoxy) is 1. The van der Waals surface area contributed by atoms with Crippen molar-refractivity contribution >= 4 is 0 Å². The van der Waals surface area contributed by atoms with E-state index in [0.29, 0.717) is 13.2 Å². The fourth-order valence-electron chi connectivity index (χ4n) is 2.30. The Labute approximate surface area is 129 Å². The predicted octanol–water partition coefficient (Wildman–Crippen LogP) is 2.61. The number of nitrogens with zero attached hydrogens (tertiary/aromatic N) is 3. The molecule has 112 valence electrons. The number of nitrogens with two attached hydrogens (primary N) is 1. The highest BCUT2D eigenvalue weighted by molar-refractivity contribution is 5.41. The SMILES string of the molecule is Cc1ccccc1-n1nnc(CN)c1COc1ccccc1. The largest absolute Gasteiger partial charge is 0.487 e. The lowest BCUT2D eigenvalue weighted by Gasteiger charge is -2.11. The normalized spacial score (nSPS) is 10.6. The topological polar surface area (TPSA) is 66.0 Å². The molecule has 0 radical (unpaired) electrons. The van der Waals surface area contributed by atoms with Gasteiger partial charge in [0.2, 0.25) is 0 Å². The maximum atomic E-state index is 5.84. The van der Waals surface area contributed by atoms with Crippen molar-refractivity contribution in [2.24, 2.45) is 5.73 Å². The van der Waals surface area contributed by atoms with Gasteiger partial charge in [-0.15, -0.1) is 5.10 Å². The average molecular weight is 294 g/mol. The smallest absolute Gasteiger partial charge is 0.132 e. The van der Waals surface area contributed by atoms with E-state index < -0.39 is 0 Å². The summed E-state index contributed by atoms with van der Waals surface area (Å²) in [4.78, 5) is 0. The van der Waals surface area contributed by atoms with Crippen LogP contribution in [0.4, 0.5) is 0 Å². The van der Waals surface area contributed by atoms with Crippen molar-refractivity contribution in [3.8, 4) is 11.4 Å². The van der Waals surface area contributed by atoms with E-state index in [4.69, 9.17) is 10.5 Å². The number of hydrogen-bond donors (Lipinski definition) is 1. The molecule has 0 saturated heterocycles. The summed E-state index contributed by atoms with van der Waals surface area (Å²) in [5, 5.41) is 8.41. The summed E-state index contributed by atoms with van der Waals surface area (Å²) in [6.45, 7) is 2.75. The predicted molar refractivity (Wildman–Crippen MR) is 84.8 cm³/mol. The fraction of sp³-hybridized carbons (Fsp3) is 0.176. The molecule has 0 bridgehead atoms. The second-order valence-corrected chi connectivity index (χ2v) is 4.99. The summed E-state index contributed by atoms with van der Waals surface area (Å²) >= 11 is 0. The van der Waals surface area contributed by atoms with E-state index in [0.717, 1.165) is 28.4 Å². The first-order valence-corrected chi connectivity index (χ1v) is 7.17. The molecule has 2 N–H and O–H groups in total. The van der Waals surface area contributed by atoms with Gasteiger partial charge in [0.25, 0.3) is 0 Å². The Morgan fingerprint density at radius 3 is 2.50 bits per heavy atom. The first-order valence-electron chi connectivity index (χ1n) is 7.17. The van der Waals surface area contributed by atoms with Crippen LogP contribution in [-0.2, 0) is 13.2 Å². The Morgan fingerprint density at radius 2 is 1.77 bits per heavy atom.